The summed E-state index contributed by atoms with van der Waals surface area (Å²) in [6, 6.07) is 4.59. The fourth-order valence-electron chi connectivity index (χ4n) is 1.81. The Morgan fingerprint density at radius 1 is 1.32 bits per heavy atom. The van der Waals surface area contributed by atoms with Crippen LogP contribution in [-0.2, 0) is 0 Å². The summed E-state index contributed by atoms with van der Waals surface area (Å²) in [5.74, 6) is 0.369. The molecule has 3 nitrogen and oxygen atoms in total. The first kappa shape index (κ1) is 13.7. The largest absolute Gasteiger partial charge is 0.370 e. The predicted molar refractivity (Wildman–Crippen MR) is 76.0 cm³/mol. The third-order valence-electron chi connectivity index (χ3n) is 2.82. The molecule has 0 amide bonds. The minimum absolute atomic E-state index is 0.0959. The monoisotopic (exact) mass is 279 g/mol. The molecule has 0 bridgehead atoms. The number of nitrogens with one attached hydrogen (secondary N) is 1. The average molecular weight is 280 g/mol. The fourth-order valence-corrected chi connectivity index (χ4v) is 1.99. The molecule has 0 saturated heterocycles. The molecule has 0 spiro atoms. The number of anilines is 1. The molecule has 0 unspecified atom stereocenters. The Kier molecular flexibility index (Phi) is 4.32. The highest BCUT2D eigenvalue weighted by Crippen LogP contribution is 2.27. The molecule has 100 valence electrons. The van der Waals surface area contributed by atoms with E-state index in [-0.39, 0.29) is 5.02 Å². The molecule has 0 fully saturated rings. The smallest absolute Gasteiger partial charge is 0.141 e. The molecule has 0 radical (unpaired) electrons. The lowest BCUT2D eigenvalue weighted by Gasteiger charge is -2.11. The lowest BCUT2D eigenvalue weighted by molar-refractivity contribution is 0.628. The minimum atomic E-state index is -0.429. The summed E-state index contributed by atoms with van der Waals surface area (Å²) in [6.45, 7) is 4.87. The molecule has 19 heavy (non-hydrogen) atoms. The van der Waals surface area contributed by atoms with Crippen molar-refractivity contribution < 1.29 is 4.39 Å². The van der Waals surface area contributed by atoms with Crippen LogP contribution in [0.2, 0.25) is 5.02 Å². The predicted octanol–water partition coefficient (Wildman–Crippen LogP) is 4.07. The molecular formula is C14H15ClFN3. The second kappa shape index (κ2) is 5.97. The Morgan fingerprint density at radius 2 is 2.11 bits per heavy atom. The van der Waals surface area contributed by atoms with E-state index in [1.54, 1.807) is 12.1 Å². The maximum Gasteiger partial charge on any atom is 0.141 e. The molecule has 5 heteroatoms. The van der Waals surface area contributed by atoms with E-state index in [9.17, 15) is 4.39 Å². The SMILES string of the molecule is CCCNc1ncnc(-c2ccc(F)c(Cl)c2)c1C. The molecule has 1 aromatic carbocycles. The van der Waals surface area contributed by atoms with E-state index in [1.807, 2.05) is 6.92 Å². The van der Waals surface area contributed by atoms with Gasteiger partial charge in [0.2, 0.25) is 0 Å². The van der Waals surface area contributed by atoms with Crippen LogP contribution in [0.1, 0.15) is 18.9 Å². The zero-order chi connectivity index (χ0) is 13.8. The molecule has 1 N–H and O–H groups in total. The third-order valence-corrected chi connectivity index (χ3v) is 3.11. The molecule has 1 heterocycles. The average Bonchev–Trinajstić information content (AvgIpc) is 2.41. The molecule has 0 aliphatic rings. The van der Waals surface area contributed by atoms with Gasteiger partial charge in [-0.15, -0.1) is 0 Å². The Balaban J connectivity index is 2.41. The van der Waals surface area contributed by atoms with Crippen LogP contribution in [-0.4, -0.2) is 16.5 Å². The highest BCUT2D eigenvalue weighted by Gasteiger charge is 2.10. The quantitative estimate of drug-likeness (QED) is 0.917. The Bertz CT molecular complexity index is 587. The molecule has 0 aliphatic heterocycles. The van der Waals surface area contributed by atoms with Crippen LogP contribution in [0.4, 0.5) is 10.2 Å². The Labute approximate surface area is 116 Å². The van der Waals surface area contributed by atoms with Crippen LogP contribution in [0.3, 0.4) is 0 Å². The van der Waals surface area contributed by atoms with Gasteiger partial charge in [0.15, 0.2) is 0 Å². The highest BCUT2D eigenvalue weighted by atomic mass is 35.5. The number of rotatable bonds is 4. The van der Waals surface area contributed by atoms with E-state index >= 15 is 0 Å². The lowest BCUT2D eigenvalue weighted by Crippen LogP contribution is -2.05. The van der Waals surface area contributed by atoms with Crippen molar-refractivity contribution in [1.29, 1.82) is 0 Å². The second-order valence-electron chi connectivity index (χ2n) is 4.25. The molecule has 0 atom stereocenters. The van der Waals surface area contributed by atoms with Gasteiger partial charge in [0.25, 0.3) is 0 Å². The topological polar surface area (TPSA) is 37.8 Å². The van der Waals surface area contributed by atoms with Gasteiger partial charge in [-0.2, -0.15) is 0 Å². The lowest BCUT2D eigenvalue weighted by atomic mass is 10.1. The van der Waals surface area contributed by atoms with Crippen molar-refractivity contribution in [2.45, 2.75) is 20.3 Å². The van der Waals surface area contributed by atoms with Gasteiger partial charge in [0.05, 0.1) is 10.7 Å². The van der Waals surface area contributed by atoms with E-state index < -0.39 is 5.82 Å². The summed E-state index contributed by atoms with van der Waals surface area (Å²) >= 11 is 5.81. The first-order chi connectivity index (χ1) is 9.13. The number of hydrogen-bond acceptors (Lipinski definition) is 3. The first-order valence-corrected chi connectivity index (χ1v) is 6.52. The summed E-state index contributed by atoms with van der Waals surface area (Å²) in [7, 11) is 0. The van der Waals surface area contributed by atoms with Crippen molar-refractivity contribution in [3.05, 3.63) is 40.9 Å². The molecule has 2 aromatic rings. The number of aromatic nitrogens is 2. The van der Waals surface area contributed by atoms with Crippen molar-refractivity contribution in [2.75, 3.05) is 11.9 Å². The second-order valence-corrected chi connectivity index (χ2v) is 4.66. The van der Waals surface area contributed by atoms with E-state index in [4.69, 9.17) is 11.6 Å². The molecule has 2 rings (SSSR count). The van der Waals surface area contributed by atoms with E-state index in [0.717, 1.165) is 35.6 Å². The van der Waals surface area contributed by atoms with Gasteiger partial charge in [0.1, 0.15) is 18.0 Å². The number of benzene rings is 1. The normalized spacial score (nSPS) is 10.5. The summed E-state index contributed by atoms with van der Waals surface area (Å²) in [4.78, 5) is 8.47. The van der Waals surface area contributed by atoms with Crippen LogP contribution in [0, 0.1) is 12.7 Å². The van der Waals surface area contributed by atoms with Crippen molar-refractivity contribution in [2.24, 2.45) is 0 Å². The molecule has 0 aliphatic carbocycles. The number of nitrogens with zero attached hydrogens (tertiary/aromatic N) is 2. The summed E-state index contributed by atoms with van der Waals surface area (Å²) < 4.78 is 13.2. The molecule has 0 saturated carbocycles. The summed E-state index contributed by atoms with van der Waals surface area (Å²) in [5, 5.41) is 3.34. The number of hydrogen-bond donors (Lipinski definition) is 1. The Morgan fingerprint density at radius 3 is 2.79 bits per heavy atom. The van der Waals surface area contributed by atoms with Gasteiger partial charge in [0, 0.05) is 17.7 Å². The van der Waals surface area contributed by atoms with Gasteiger partial charge in [-0.25, -0.2) is 14.4 Å². The zero-order valence-corrected chi connectivity index (χ0v) is 11.6. The van der Waals surface area contributed by atoms with E-state index in [2.05, 4.69) is 22.2 Å². The van der Waals surface area contributed by atoms with Gasteiger partial charge < -0.3 is 5.32 Å². The zero-order valence-electron chi connectivity index (χ0n) is 10.9. The molecule has 1 aromatic heterocycles. The first-order valence-electron chi connectivity index (χ1n) is 6.14. The van der Waals surface area contributed by atoms with Crippen LogP contribution >= 0.6 is 11.6 Å². The van der Waals surface area contributed by atoms with Crippen molar-refractivity contribution in [1.82, 2.24) is 9.97 Å². The van der Waals surface area contributed by atoms with Crippen molar-refractivity contribution in [3.63, 3.8) is 0 Å². The summed E-state index contributed by atoms with van der Waals surface area (Å²) in [6.07, 6.45) is 2.51. The fraction of sp³-hybridized carbons (Fsp3) is 0.286. The van der Waals surface area contributed by atoms with Crippen molar-refractivity contribution >= 4 is 17.4 Å². The number of halogens is 2. The van der Waals surface area contributed by atoms with Crippen LogP contribution in [0.5, 0.6) is 0 Å². The Hall–Kier alpha value is -1.68. The third kappa shape index (κ3) is 3.01. The van der Waals surface area contributed by atoms with E-state index in [0.29, 0.717) is 0 Å². The van der Waals surface area contributed by atoms with Gasteiger partial charge in [-0.05, 0) is 31.5 Å². The maximum absolute atomic E-state index is 13.2. The van der Waals surface area contributed by atoms with Gasteiger partial charge >= 0.3 is 0 Å². The minimum Gasteiger partial charge on any atom is -0.370 e. The van der Waals surface area contributed by atoms with E-state index in [1.165, 1.54) is 12.4 Å². The van der Waals surface area contributed by atoms with Gasteiger partial charge in [-0.3, -0.25) is 0 Å². The standard InChI is InChI=1S/C14H15ClFN3/c1-3-6-17-14-9(2)13(18-8-19-14)10-4-5-12(16)11(15)7-10/h4-5,7-8H,3,6H2,1-2H3,(H,17,18,19). The van der Waals surface area contributed by atoms with Crippen LogP contribution in [0.25, 0.3) is 11.3 Å². The highest BCUT2D eigenvalue weighted by molar-refractivity contribution is 6.31. The van der Waals surface area contributed by atoms with Crippen LogP contribution < -0.4 is 5.32 Å². The summed E-state index contributed by atoms with van der Waals surface area (Å²) in [5.41, 5.74) is 2.47. The molecular weight excluding hydrogens is 265 g/mol. The van der Waals surface area contributed by atoms with Crippen molar-refractivity contribution in [3.8, 4) is 11.3 Å². The van der Waals surface area contributed by atoms with Crippen LogP contribution in [0.15, 0.2) is 24.5 Å². The van der Waals surface area contributed by atoms with Gasteiger partial charge in [-0.1, -0.05) is 18.5 Å². The maximum atomic E-state index is 13.2.